The maximum Gasteiger partial charge on any atom is 0.228 e. The number of benzene rings is 2. The van der Waals surface area contributed by atoms with Crippen LogP contribution >= 0.6 is 0 Å². The molecule has 6 nitrogen and oxygen atoms in total. The fourth-order valence-corrected chi connectivity index (χ4v) is 2.23. The number of hydrogen-bond acceptors (Lipinski definition) is 5. The lowest BCUT2D eigenvalue weighted by atomic mass is 10.1. The number of hydrogen-bond donors (Lipinski definition) is 2. The van der Waals surface area contributed by atoms with E-state index in [4.69, 9.17) is 19.9 Å². The Kier molecular flexibility index (Phi) is 5.30. The van der Waals surface area contributed by atoms with Crippen LogP contribution in [0.15, 0.2) is 36.4 Å². The van der Waals surface area contributed by atoms with Gasteiger partial charge in [0.25, 0.3) is 0 Å². The highest BCUT2D eigenvalue weighted by atomic mass is 16.5. The summed E-state index contributed by atoms with van der Waals surface area (Å²) in [5.74, 6) is 1.24. The number of nitrogens with two attached hydrogens (primary N) is 1. The van der Waals surface area contributed by atoms with Crippen LogP contribution in [0.5, 0.6) is 17.2 Å². The molecule has 0 aromatic heterocycles. The molecular formula is C17H20N2O4. The van der Waals surface area contributed by atoms with E-state index < -0.39 is 0 Å². The Morgan fingerprint density at radius 3 is 2.17 bits per heavy atom. The molecule has 0 unspecified atom stereocenters. The summed E-state index contributed by atoms with van der Waals surface area (Å²) < 4.78 is 15.8. The fourth-order valence-electron chi connectivity index (χ4n) is 2.23. The van der Waals surface area contributed by atoms with Gasteiger partial charge in [0.1, 0.15) is 0 Å². The first-order valence-electron chi connectivity index (χ1n) is 7.02. The first-order chi connectivity index (χ1) is 11.1. The molecule has 2 aromatic carbocycles. The van der Waals surface area contributed by atoms with E-state index in [1.165, 1.54) is 21.3 Å². The van der Waals surface area contributed by atoms with Gasteiger partial charge in [-0.2, -0.15) is 0 Å². The lowest BCUT2D eigenvalue weighted by Crippen LogP contribution is -2.15. The van der Waals surface area contributed by atoms with E-state index >= 15 is 0 Å². The molecule has 0 aliphatic heterocycles. The zero-order chi connectivity index (χ0) is 16.8. The number of rotatable bonds is 6. The van der Waals surface area contributed by atoms with E-state index in [-0.39, 0.29) is 12.3 Å². The Labute approximate surface area is 135 Å². The topological polar surface area (TPSA) is 82.8 Å². The van der Waals surface area contributed by atoms with Crippen LogP contribution in [0.1, 0.15) is 5.56 Å². The molecule has 0 aliphatic rings. The van der Waals surface area contributed by atoms with Crippen LogP contribution in [0.4, 0.5) is 11.4 Å². The average Bonchev–Trinajstić information content (AvgIpc) is 2.55. The molecule has 0 fully saturated rings. The predicted octanol–water partition coefficient (Wildman–Crippen LogP) is 2.48. The lowest BCUT2D eigenvalue weighted by molar-refractivity contribution is -0.115. The summed E-state index contributed by atoms with van der Waals surface area (Å²) in [5, 5.41) is 2.81. The van der Waals surface area contributed by atoms with Gasteiger partial charge in [-0.25, -0.2) is 0 Å². The number of anilines is 2. The van der Waals surface area contributed by atoms with Crippen molar-refractivity contribution in [2.24, 2.45) is 0 Å². The van der Waals surface area contributed by atoms with Crippen LogP contribution in [0.25, 0.3) is 0 Å². The summed E-state index contributed by atoms with van der Waals surface area (Å²) in [6.45, 7) is 0. The molecule has 0 bridgehead atoms. The van der Waals surface area contributed by atoms with Crippen molar-refractivity contribution in [1.29, 1.82) is 0 Å². The Morgan fingerprint density at radius 2 is 1.65 bits per heavy atom. The van der Waals surface area contributed by atoms with Crippen LogP contribution in [0, 0.1) is 0 Å². The van der Waals surface area contributed by atoms with Gasteiger partial charge < -0.3 is 25.3 Å². The van der Waals surface area contributed by atoms with Gasteiger partial charge in [0.05, 0.1) is 27.8 Å². The molecule has 1 amide bonds. The highest BCUT2D eigenvalue weighted by molar-refractivity contribution is 5.93. The van der Waals surface area contributed by atoms with Gasteiger partial charge >= 0.3 is 0 Å². The summed E-state index contributed by atoms with van der Waals surface area (Å²) in [6.07, 6.45) is 0.184. The van der Waals surface area contributed by atoms with E-state index in [0.29, 0.717) is 28.6 Å². The van der Waals surface area contributed by atoms with Gasteiger partial charge in [-0.05, 0) is 11.6 Å². The highest BCUT2D eigenvalue weighted by Gasteiger charge is 2.15. The van der Waals surface area contributed by atoms with Gasteiger partial charge in [-0.3, -0.25) is 4.79 Å². The number of nitrogen functional groups attached to an aromatic ring is 1. The molecule has 0 saturated carbocycles. The van der Waals surface area contributed by atoms with Crippen LogP contribution in [-0.2, 0) is 11.2 Å². The summed E-state index contributed by atoms with van der Waals surface area (Å²) in [5.41, 5.74) is 7.78. The Morgan fingerprint density at radius 1 is 1.04 bits per heavy atom. The van der Waals surface area contributed by atoms with Crippen molar-refractivity contribution >= 4 is 17.3 Å². The van der Waals surface area contributed by atoms with Crippen molar-refractivity contribution in [3.05, 3.63) is 42.0 Å². The summed E-state index contributed by atoms with van der Waals surface area (Å²) in [4.78, 5) is 12.2. The van der Waals surface area contributed by atoms with Crippen molar-refractivity contribution in [3.63, 3.8) is 0 Å². The number of para-hydroxylation sites is 1. The lowest BCUT2D eigenvalue weighted by Gasteiger charge is -2.14. The molecule has 0 saturated heterocycles. The molecule has 0 aliphatic carbocycles. The number of ether oxygens (including phenoxy) is 3. The maximum atomic E-state index is 12.2. The normalized spacial score (nSPS) is 10.0. The number of carbonyl (C=O) groups excluding carboxylic acids is 1. The van der Waals surface area contributed by atoms with Crippen LogP contribution < -0.4 is 25.3 Å². The molecular weight excluding hydrogens is 296 g/mol. The molecule has 0 atom stereocenters. The first-order valence-corrected chi connectivity index (χ1v) is 7.02. The average molecular weight is 316 g/mol. The smallest absolute Gasteiger partial charge is 0.228 e. The van der Waals surface area contributed by atoms with Gasteiger partial charge in [0, 0.05) is 23.5 Å². The van der Waals surface area contributed by atoms with E-state index in [1.807, 2.05) is 18.2 Å². The second kappa shape index (κ2) is 7.40. The zero-order valence-electron chi connectivity index (χ0n) is 13.4. The molecule has 23 heavy (non-hydrogen) atoms. The maximum absolute atomic E-state index is 12.2. The number of carbonyl (C=O) groups is 1. The third-order valence-corrected chi connectivity index (χ3v) is 3.35. The Balaban J connectivity index is 2.19. The van der Waals surface area contributed by atoms with E-state index in [1.54, 1.807) is 18.2 Å². The predicted molar refractivity (Wildman–Crippen MR) is 89.3 cm³/mol. The molecule has 0 spiro atoms. The van der Waals surface area contributed by atoms with Crippen LogP contribution in [0.2, 0.25) is 0 Å². The molecule has 2 rings (SSSR count). The van der Waals surface area contributed by atoms with Gasteiger partial charge in [0.2, 0.25) is 11.7 Å². The fraction of sp³-hybridized carbons (Fsp3) is 0.235. The van der Waals surface area contributed by atoms with E-state index in [0.717, 1.165) is 5.56 Å². The molecule has 2 aromatic rings. The highest BCUT2D eigenvalue weighted by Crippen LogP contribution is 2.39. The van der Waals surface area contributed by atoms with Crippen molar-refractivity contribution in [2.45, 2.75) is 6.42 Å². The van der Waals surface area contributed by atoms with Crippen molar-refractivity contribution in [3.8, 4) is 17.2 Å². The summed E-state index contributed by atoms with van der Waals surface area (Å²) in [7, 11) is 4.57. The monoisotopic (exact) mass is 316 g/mol. The first kappa shape index (κ1) is 16.5. The van der Waals surface area contributed by atoms with Crippen LogP contribution in [-0.4, -0.2) is 27.2 Å². The second-order valence-electron chi connectivity index (χ2n) is 4.84. The van der Waals surface area contributed by atoms with Gasteiger partial charge in [-0.15, -0.1) is 0 Å². The largest absolute Gasteiger partial charge is 0.493 e. The quantitative estimate of drug-likeness (QED) is 0.800. The van der Waals surface area contributed by atoms with Gasteiger partial charge in [0.15, 0.2) is 11.5 Å². The van der Waals surface area contributed by atoms with Crippen molar-refractivity contribution in [1.82, 2.24) is 0 Å². The minimum atomic E-state index is -0.183. The SMILES string of the molecule is COc1cc(NC(=O)Cc2ccccc2N)cc(OC)c1OC. The third kappa shape index (κ3) is 3.85. The van der Waals surface area contributed by atoms with Crippen LogP contribution in [0.3, 0.4) is 0 Å². The van der Waals surface area contributed by atoms with Gasteiger partial charge in [-0.1, -0.05) is 18.2 Å². The number of nitrogens with one attached hydrogen (secondary N) is 1. The van der Waals surface area contributed by atoms with Crippen molar-refractivity contribution in [2.75, 3.05) is 32.4 Å². The standard InChI is InChI=1S/C17H20N2O4/c1-21-14-9-12(10-15(22-2)17(14)23-3)19-16(20)8-11-6-4-5-7-13(11)18/h4-7,9-10H,8,18H2,1-3H3,(H,19,20). The summed E-state index contributed by atoms with van der Waals surface area (Å²) >= 11 is 0. The van der Waals surface area contributed by atoms with E-state index in [9.17, 15) is 4.79 Å². The van der Waals surface area contributed by atoms with E-state index in [2.05, 4.69) is 5.32 Å². The molecule has 122 valence electrons. The minimum Gasteiger partial charge on any atom is -0.493 e. The minimum absolute atomic E-state index is 0.183. The molecule has 0 heterocycles. The number of methoxy groups -OCH3 is 3. The van der Waals surface area contributed by atoms with Crippen molar-refractivity contribution < 1.29 is 19.0 Å². The Bertz CT molecular complexity index is 676. The number of amides is 1. The molecule has 3 N–H and O–H groups in total. The molecule has 6 heteroatoms. The Hall–Kier alpha value is -2.89. The zero-order valence-corrected chi connectivity index (χ0v) is 13.4. The molecule has 0 radical (unpaired) electrons. The second-order valence-corrected chi connectivity index (χ2v) is 4.84. The third-order valence-electron chi connectivity index (χ3n) is 3.35. The summed E-state index contributed by atoms with van der Waals surface area (Å²) in [6, 6.07) is 10.6.